The van der Waals surface area contributed by atoms with Crippen LogP contribution in [0.15, 0.2) is 60.8 Å². The van der Waals surface area contributed by atoms with Crippen LogP contribution in [0.3, 0.4) is 0 Å². The van der Waals surface area contributed by atoms with Crippen molar-refractivity contribution >= 4 is 11.9 Å². The molecule has 0 spiro atoms. The van der Waals surface area contributed by atoms with Crippen molar-refractivity contribution < 1.29 is 73.8 Å². The molecule has 2 aliphatic heterocycles. The summed E-state index contributed by atoms with van der Waals surface area (Å²) in [6, 6.07) is 0. The summed E-state index contributed by atoms with van der Waals surface area (Å²) in [5, 5.41) is 72.1. The van der Waals surface area contributed by atoms with Crippen LogP contribution in [0.2, 0.25) is 0 Å². The summed E-state index contributed by atoms with van der Waals surface area (Å²) in [5.74, 6) is -0.967. The molecule has 15 nitrogen and oxygen atoms in total. The van der Waals surface area contributed by atoms with Crippen molar-refractivity contribution in [3.63, 3.8) is 0 Å². The van der Waals surface area contributed by atoms with Gasteiger partial charge in [-0.2, -0.15) is 0 Å². The van der Waals surface area contributed by atoms with E-state index in [1.54, 1.807) is 0 Å². The molecule has 0 saturated carbocycles. The molecule has 392 valence electrons. The minimum absolute atomic E-state index is 0.125. The average Bonchev–Trinajstić information content (AvgIpc) is 3.33. The van der Waals surface area contributed by atoms with Crippen molar-refractivity contribution in [1.29, 1.82) is 0 Å². The number of carbonyl (C=O) groups is 2. The van der Waals surface area contributed by atoms with Crippen LogP contribution in [0, 0.1) is 0 Å². The number of esters is 2. The zero-order valence-electron chi connectivity index (χ0n) is 41.3. The fourth-order valence-electron chi connectivity index (χ4n) is 7.66. The Bertz CT molecular complexity index is 1420. The van der Waals surface area contributed by atoms with Crippen LogP contribution in [0.1, 0.15) is 168 Å². The predicted molar refractivity (Wildman–Crippen MR) is 261 cm³/mol. The molecule has 2 fully saturated rings. The van der Waals surface area contributed by atoms with Gasteiger partial charge in [0.2, 0.25) is 0 Å². The van der Waals surface area contributed by atoms with E-state index < -0.39 is 99.3 Å². The lowest BCUT2D eigenvalue weighted by Crippen LogP contribution is -2.61. The van der Waals surface area contributed by atoms with Crippen LogP contribution in [0.5, 0.6) is 0 Å². The van der Waals surface area contributed by atoms with E-state index >= 15 is 0 Å². The minimum Gasteiger partial charge on any atom is -0.462 e. The molecule has 0 radical (unpaired) electrons. The van der Waals surface area contributed by atoms with Crippen LogP contribution in [0.4, 0.5) is 0 Å². The highest BCUT2D eigenvalue weighted by Gasteiger charge is 2.47. The van der Waals surface area contributed by atoms with E-state index in [0.29, 0.717) is 12.8 Å². The summed E-state index contributed by atoms with van der Waals surface area (Å²) in [6.45, 7) is 2.45. The normalized spacial score (nSPS) is 26.2. The quantitative estimate of drug-likeness (QED) is 0.0183. The SMILES string of the molecule is CCC/C=C/C/C=C/C/C=C/C/C=C/CCCCCC(=O)O[C@H](COC(=O)CCCCCCCCCCC/C=C/CCCC)CO[C@H]1O[C@@H](CO[C@H]2O[C@@H](CO)[C@@H](O)C(O)C2O)[C@@H](O)C(O)C1O. The average molecular weight is 967 g/mol. The van der Waals surface area contributed by atoms with Gasteiger partial charge in [0.1, 0.15) is 55.4 Å². The van der Waals surface area contributed by atoms with E-state index in [1.165, 1.54) is 57.8 Å². The number of carbonyl (C=O) groups excluding carboxylic acids is 2. The van der Waals surface area contributed by atoms with E-state index in [0.717, 1.165) is 70.6 Å². The maximum Gasteiger partial charge on any atom is 0.306 e. The van der Waals surface area contributed by atoms with Crippen LogP contribution in [-0.4, -0.2) is 142 Å². The number of aliphatic hydroxyl groups excluding tert-OH is 7. The van der Waals surface area contributed by atoms with E-state index in [-0.39, 0.29) is 19.4 Å². The summed E-state index contributed by atoms with van der Waals surface area (Å²) >= 11 is 0. The molecule has 0 aromatic heterocycles. The Morgan fingerprint density at radius 3 is 1.47 bits per heavy atom. The molecule has 2 rings (SSSR count). The third kappa shape index (κ3) is 27.6. The lowest BCUT2D eigenvalue weighted by atomic mass is 9.98. The number of hydrogen-bond acceptors (Lipinski definition) is 15. The fourth-order valence-corrected chi connectivity index (χ4v) is 7.66. The van der Waals surface area contributed by atoms with Crippen LogP contribution in [-0.2, 0) is 38.0 Å². The highest BCUT2D eigenvalue weighted by molar-refractivity contribution is 5.70. The molecule has 7 N–H and O–H groups in total. The van der Waals surface area contributed by atoms with E-state index in [4.69, 9.17) is 28.4 Å². The lowest BCUT2D eigenvalue weighted by molar-refractivity contribution is -0.332. The lowest BCUT2D eigenvalue weighted by Gasteiger charge is -2.42. The highest BCUT2D eigenvalue weighted by atomic mass is 16.7. The maximum absolute atomic E-state index is 13.0. The monoisotopic (exact) mass is 967 g/mol. The van der Waals surface area contributed by atoms with Gasteiger partial charge in [-0.1, -0.05) is 145 Å². The molecule has 4 unspecified atom stereocenters. The summed E-state index contributed by atoms with van der Waals surface area (Å²) in [4.78, 5) is 25.8. The second-order valence-corrected chi connectivity index (χ2v) is 18.0. The van der Waals surface area contributed by atoms with Crippen molar-refractivity contribution in [2.45, 2.75) is 235 Å². The van der Waals surface area contributed by atoms with Crippen LogP contribution < -0.4 is 0 Å². The van der Waals surface area contributed by atoms with Crippen molar-refractivity contribution in [3.05, 3.63) is 60.8 Å². The predicted octanol–water partition coefficient (Wildman–Crippen LogP) is 7.27. The Kier molecular flexibility index (Phi) is 36.0. The number of rotatable bonds is 39. The Morgan fingerprint density at radius 2 is 0.912 bits per heavy atom. The van der Waals surface area contributed by atoms with Gasteiger partial charge in [0.05, 0.1) is 19.8 Å². The van der Waals surface area contributed by atoms with Crippen molar-refractivity contribution in [1.82, 2.24) is 0 Å². The molecule has 15 heteroatoms. The van der Waals surface area contributed by atoms with Gasteiger partial charge in [0, 0.05) is 12.8 Å². The van der Waals surface area contributed by atoms with Gasteiger partial charge in [-0.15, -0.1) is 0 Å². The molecule has 0 aromatic rings. The molecule has 2 aliphatic rings. The van der Waals surface area contributed by atoms with Gasteiger partial charge in [-0.25, -0.2) is 0 Å². The maximum atomic E-state index is 13.0. The molecular formula is C53H90O15. The second kappa shape index (κ2) is 39.9. The van der Waals surface area contributed by atoms with Crippen molar-refractivity contribution in [3.8, 4) is 0 Å². The number of unbranched alkanes of at least 4 members (excludes halogenated alkanes) is 15. The van der Waals surface area contributed by atoms with Gasteiger partial charge in [-0.3, -0.25) is 9.59 Å². The third-order valence-electron chi connectivity index (χ3n) is 11.9. The number of allylic oxidation sites excluding steroid dienone is 10. The van der Waals surface area contributed by atoms with Crippen molar-refractivity contribution in [2.75, 3.05) is 26.4 Å². The van der Waals surface area contributed by atoms with Crippen molar-refractivity contribution in [2.24, 2.45) is 0 Å². The standard InChI is InChI=1S/C53H90O15/c1-3-5-7-9-11-13-15-17-19-20-22-24-26-28-30-32-34-36-45(56)66-41(38-63-44(55)35-33-31-29-27-25-23-21-18-16-14-12-10-8-6-4-2)39-64-52-51(62)49(60)47(58)43(68-52)40-65-53-50(61)48(59)46(57)42(37-54)67-53/h7,9-10,12-13,15,19-20,24,26,41-43,46-54,57-62H,3-6,8,11,14,16-18,21-23,25,27-40H2,1-2H3/b9-7+,12-10+,15-13+,20-19+,26-24+/t41-,42+,43+,46-,47-,48?,49?,50?,51?,52+,53+/m1/s1. The van der Waals surface area contributed by atoms with E-state index in [9.17, 15) is 45.3 Å². The second-order valence-electron chi connectivity index (χ2n) is 18.0. The Labute approximate surface area is 407 Å². The first-order valence-electron chi connectivity index (χ1n) is 25.9. The fraction of sp³-hybridized carbons (Fsp3) is 0.774. The number of aliphatic hydroxyl groups is 7. The first-order chi connectivity index (χ1) is 33.0. The Hall–Kier alpha value is -2.80. The smallest absolute Gasteiger partial charge is 0.306 e. The zero-order chi connectivity index (χ0) is 49.6. The molecular weight excluding hydrogens is 877 g/mol. The molecule has 2 saturated heterocycles. The van der Waals surface area contributed by atoms with E-state index in [1.807, 2.05) is 0 Å². The number of hydrogen-bond donors (Lipinski definition) is 7. The molecule has 0 amide bonds. The van der Waals surface area contributed by atoms with E-state index in [2.05, 4.69) is 74.6 Å². The molecule has 11 atom stereocenters. The van der Waals surface area contributed by atoms with Gasteiger partial charge in [-0.05, 0) is 70.6 Å². The molecule has 0 bridgehead atoms. The molecule has 0 aliphatic carbocycles. The summed E-state index contributed by atoms with van der Waals surface area (Å²) in [6.07, 6.45) is 28.1. The Morgan fingerprint density at radius 1 is 0.471 bits per heavy atom. The van der Waals surface area contributed by atoms with Crippen LogP contribution in [0.25, 0.3) is 0 Å². The zero-order valence-corrected chi connectivity index (χ0v) is 41.3. The van der Waals surface area contributed by atoms with Gasteiger partial charge in [0.15, 0.2) is 18.7 Å². The molecule has 68 heavy (non-hydrogen) atoms. The number of ether oxygens (including phenoxy) is 6. The highest BCUT2D eigenvalue weighted by Crippen LogP contribution is 2.26. The van der Waals surface area contributed by atoms with Gasteiger partial charge < -0.3 is 64.2 Å². The van der Waals surface area contributed by atoms with Gasteiger partial charge >= 0.3 is 11.9 Å². The Balaban J connectivity index is 1.83. The largest absolute Gasteiger partial charge is 0.462 e. The van der Waals surface area contributed by atoms with Gasteiger partial charge in [0.25, 0.3) is 0 Å². The summed E-state index contributed by atoms with van der Waals surface area (Å²) in [7, 11) is 0. The molecule has 0 aromatic carbocycles. The summed E-state index contributed by atoms with van der Waals surface area (Å²) < 4.78 is 33.5. The van der Waals surface area contributed by atoms with Crippen LogP contribution >= 0.6 is 0 Å². The first kappa shape index (κ1) is 61.3. The topological polar surface area (TPSA) is 231 Å². The summed E-state index contributed by atoms with van der Waals surface area (Å²) in [5.41, 5.74) is 0. The first-order valence-corrected chi connectivity index (χ1v) is 25.9. The minimum atomic E-state index is -1.77. The third-order valence-corrected chi connectivity index (χ3v) is 11.9. The molecule has 2 heterocycles.